The molecule has 0 radical (unpaired) electrons. The molecule has 0 bridgehead atoms. The zero-order valence-electron chi connectivity index (χ0n) is 5.76. The molecular formula is C7H9FN2. The zero-order valence-corrected chi connectivity index (χ0v) is 5.76. The van der Waals surface area contributed by atoms with Gasteiger partial charge < -0.3 is 5.32 Å². The number of nitrogens with one attached hydrogen (secondary N) is 1. The molecule has 0 unspecified atom stereocenters. The first kappa shape index (κ1) is 7.15. The Balaban J connectivity index is 2.81. The van der Waals surface area contributed by atoms with Crippen molar-refractivity contribution in [2.45, 2.75) is 6.54 Å². The molecule has 0 spiro atoms. The lowest BCUT2D eigenvalue weighted by Gasteiger charge is -1.98. The molecule has 0 amide bonds. The first-order valence-electron chi connectivity index (χ1n) is 3.07. The van der Waals surface area contributed by atoms with Crippen LogP contribution in [-0.2, 0) is 6.54 Å². The average Bonchev–Trinajstić information content (AvgIpc) is 1.94. The smallest absolute Gasteiger partial charge is 0.130 e. The van der Waals surface area contributed by atoms with E-state index in [1.807, 2.05) is 0 Å². The molecule has 1 rings (SSSR count). The van der Waals surface area contributed by atoms with E-state index in [0.717, 1.165) is 0 Å². The lowest BCUT2D eigenvalue weighted by atomic mass is 10.3. The molecular weight excluding hydrogens is 131 g/mol. The Morgan fingerprint density at radius 2 is 2.50 bits per heavy atom. The van der Waals surface area contributed by atoms with Gasteiger partial charge in [0.25, 0.3) is 0 Å². The molecule has 0 fully saturated rings. The van der Waals surface area contributed by atoms with E-state index in [9.17, 15) is 4.39 Å². The van der Waals surface area contributed by atoms with Crippen LogP contribution in [0.3, 0.4) is 0 Å². The van der Waals surface area contributed by atoms with E-state index in [2.05, 4.69) is 10.3 Å². The maximum Gasteiger partial charge on any atom is 0.130 e. The third-order valence-electron chi connectivity index (χ3n) is 1.21. The van der Waals surface area contributed by atoms with E-state index < -0.39 is 0 Å². The van der Waals surface area contributed by atoms with Gasteiger partial charge in [-0.15, -0.1) is 0 Å². The summed E-state index contributed by atoms with van der Waals surface area (Å²) in [6.07, 6.45) is 2.96. The van der Waals surface area contributed by atoms with E-state index in [-0.39, 0.29) is 5.82 Å². The van der Waals surface area contributed by atoms with Crippen molar-refractivity contribution in [3.63, 3.8) is 0 Å². The molecule has 0 saturated carbocycles. The number of pyridine rings is 1. The van der Waals surface area contributed by atoms with Gasteiger partial charge in [-0.2, -0.15) is 0 Å². The summed E-state index contributed by atoms with van der Waals surface area (Å²) in [5.74, 6) is -0.204. The number of nitrogens with zero attached hydrogens (tertiary/aromatic N) is 1. The van der Waals surface area contributed by atoms with E-state index >= 15 is 0 Å². The standard InChI is InChI=1S/C7H9FN2/c1-9-4-6-5-10-3-2-7(6)8/h2-3,5,9H,4H2,1H3. The van der Waals surface area contributed by atoms with E-state index in [0.29, 0.717) is 12.1 Å². The number of hydrogen-bond acceptors (Lipinski definition) is 2. The monoisotopic (exact) mass is 140 g/mol. The van der Waals surface area contributed by atoms with Gasteiger partial charge in [-0.05, 0) is 13.1 Å². The molecule has 54 valence electrons. The lowest BCUT2D eigenvalue weighted by molar-refractivity contribution is 0.597. The van der Waals surface area contributed by atoms with Gasteiger partial charge in [0.2, 0.25) is 0 Å². The van der Waals surface area contributed by atoms with Crippen LogP contribution in [0, 0.1) is 5.82 Å². The van der Waals surface area contributed by atoms with Crippen LogP contribution >= 0.6 is 0 Å². The van der Waals surface area contributed by atoms with Gasteiger partial charge in [0, 0.05) is 24.5 Å². The molecule has 0 aliphatic heterocycles. The minimum absolute atomic E-state index is 0.204. The highest BCUT2D eigenvalue weighted by molar-refractivity contribution is 5.10. The van der Waals surface area contributed by atoms with E-state index in [4.69, 9.17) is 0 Å². The predicted octanol–water partition coefficient (Wildman–Crippen LogP) is 0.940. The molecule has 1 aromatic heterocycles. The molecule has 2 nitrogen and oxygen atoms in total. The van der Waals surface area contributed by atoms with Crippen molar-refractivity contribution in [1.82, 2.24) is 10.3 Å². The van der Waals surface area contributed by atoms with Gasteiger partial charge in [0.1, 0.15) is 5.82 Å². The van der Waals surface area contributed by atoms with Gasteiger partial charge in [-0.1, -0.05) is 0 Å². The first-order chi connectivity index (χ1) is 4.84. The van der Waals surface area contributed by atoms with Gasteiger partial charge in [0.15, 0.2) is 0 Å². The van der Waals surface area contributed by atoms with Crippen molar-refractivity contribution in [3.05, 3.63) is 29.8 Å². The maximum atomic E-state index is 12.7. The number of halogens is 1. The van der Waals surface area contributed by atoms with Crippen LogP contribution in [0.1, 0.15) is 5.56 Å². The summed E-state index contributed by atoms with van der Waals surface area (Å²) in [4.78, 5) is 3.78. The fraction of sp³-hybridized carbons (Fsp3) is 0.286. The van der Waals surface area contributed by atoms with Crippen LogP contribution in [0.4, 0.5) is 4.39 Å². The zero-order chi connectivity index (χ0) is 7.40. The number of rotatable bonds is 2. The Morgan fingerprint density at radius 1 is 1.70 bits per heavy atom. The summed E-state index contributed by atoms with van der Waals surface area (Å²) in [5, 5.41) is 2.84. The van der Waals surface area contributed by atoms with Crippen molar-refractivity contribution in [3.8, 4) is 0 Å². The Morgan fingerprint density at radius 3 is 3.10 bits per heavy atom. The van der Waals surface area contributed by atoms with Gasteiger partial charge >= 0.3 is 0 Å². The third-order valence-corrected chi connectivity index (χ3v) is 1.21. The van der Waals surface area contributed by atoms with Gasteiger partial charge in [-0.25, -0.2) is 4.39 Å². The van der Waals surface area contributed by atoms with Crippen LogP contribution in [0.2, 0.25) is 0 Å². The summed E-state index contributed by atoms with van der Waals surface area (Å²) in [5.41, 5.74) is 0.602. The molecule has 0 aromatic carbocycles. The highest BCUT2D eigenvalue weighted by Gasteiger charge is 1.97. The van der Waals surface area contributed by atoms with Gasteiger partial charge in [0.05, 0.1) is 0 Å². The number of aromatic nitrogens is 1. The molecule has 1 N–H and O–H groups in total. The molecule has 0 aliphatic rings. The maximum absolute atomic E-state index is 12.7. The van der Waals surface area contributed by atoms with E-state index in [1.54, 1.807) is 7.05 Å². The number of hydrogen-bond donors (Lipinski definition) is 1. The normalized spacial score (nSPS) is 9.80. The van der Waals surface area contributed by atoms with Crippen molar-refractivity contribution in [2.75, 3.05) is 7.05 Å². The fourth-order valence-corrected chi connectivity index (χ4v) is 0.731. The van der Waals surface area contributed by atoms with Crippen LogP contribution in [-0.4, -0.2) is 12.0 Å². The summed E-state index contributed by atoms with van der Waals surface area (Å²) < 4.78 is 12.7. The Bertz CT molecular complexity index is 213. The quantitative estimate of drug-likeness (QED) is 0.661. The second-order valence-electron chi connectivity index (χ2n) is 2.00. The summed E-state index contributed by atoms with van der Waals surface area (Å²) in [7, 11) is 1.77. The third kappa shape index (κ3) is 1.51. The van der Waals surface area contributed by atoms with Crippen LogP contribution < -0.4 is 5.32 Å². The second kappa shape index (κ2) is 3.27. The predicted molar refractivity (Wildman–Crippen MR) is 37.0 cm³/mol. The molecule has 0 saturated heterocycles. The Hall–Kier alpha value is -0.960. The van der Waals surface area contributed by atoms with Crippen LogP contribution in [0.5, 0.6) is 0 Å². The minimum atomic E-state index is -0.204. The topological polar surface area (TPSA) is 24.9 Å². The summed E-state index contributed by atoms with van der Waals surface area (Å²) >= 11 is 0. The van der Waals surface area contributed by atoms with Crippen LogP contribution in [0.25, 0.3) is 0 Å². The van der Waals surface area contributed by atoms with Crippen molar-refractivity contribution < 1.29 is 4.39 Å². The highest BCUT2D eigenvalue weighted by Crippen LogP contribution is 2.02. The minimum Gasteiger partial charge on any atom is -0.316 e. The molecule has 0 atom stereocenters. The molecule has 1 aromatic rings. The Labute approximate surface area is 59.1 Å². The highest BCUT2D eigenvalue weighted by atomic mass is 19.1. The molecule has 1 heterocycles. The van der Waals surface area contributed by atoms with Crippen molar-refractivity contribution in [1.29, 1.82) is 0 Å². The lowest BCUT2D eigenvalue weighted by Crippen LogP contribution is -2.06. The van der Waals surface area contributed by atoms with Crippen molar-refractivity contribution >= 4 is 0 Å². The SMILES string of the molecule is CNCc1cnccc1F. The molecule has 3 heteroatoms. The van der Waals surface area contributed by atoms with Crippen molar-refractivity contribution in [2.24, 2.45) is 0 Å². The fourth-order valence-electron chi connectivity index (χ4n) is 0.731. The van der Waals surface area contributed by atoms with E-state index in [1.165, 1.54) is 18.5 Å². The largest absolute Gasteiger partial charge is 0.316 e. The average molecular weight is 140 g/mol. The first-order valence-corrected chi connectivity index (χ1v) is 3.07. The summed E-state index contributed by atoms with van der Waals surface area (Å²) in [6, 6.07) is 1.35. The van der Waals surface area contributed by atoms with Crippen LogP contribution in [0.15, 0.2) is 18.5 Å². The van der Waals surface area contributed by atoms with Gasteiger partial charge in [-0.3, -0.25) is 4.98 Å². The summed E-state index contributed by atoms with van der Waals surface area (Å²) in [6.45, 7) is 0.527. The Kier molecular flexibility index (Phi) is 2.34. The molecule has 0 aliphatic carbocycles. The second-order valence-corrected chi connectivity index (χ2v) is 2.00. The molecule has 10 heavy (non-hydrogen) atoms.